The SMILES string of the molecule is COC(=O)c1ccc(C)c(NC(=O)[C@H]2NCCO[C@@H]2C)c1.Cl. The molecule has 6 nitrogen and oxygen atoms in total. The van der Waals surface area contributed by atoms with Gasteiger partial charge in [0.15, 0.2) is 0 Å². The van der Waals surface area contributed by atoms with Gasteiger partial charge in [0.25, 0.3) is 0 Å². The number of hydrogen-bond acceptors (Lipinski definition) is 5. The molecule has 0 radical (unpaired) electrons. The smallest absolute Gasteiger partial charge is 0.337 e. The number of rotatable bonds is 3. The molecule has 0 aromatic heterocycles. The Labute approximate surface area is 136 Å². The van der Waals surface area contributed by atoms with Crippen LogP contribution in [0.1, 0.15) is 22.8 Å². The molecule has 1 aliphatic rings. The Bertz CT molecular complexity index is 550. The molecule has 0 bridgehead atoms. The van der Waals surface area contributed by atoms with Crippen LogP contribution in [0.25, 0.3) is 0 Å². The molecule has 1 heterocycles. The molecule has 1 aromatic carbocycles. The summed E-state index contributed by atoms with van der Waals surface area (Å²) >= 11 is 0. The molecule has 122 valence electrons. The fourth-order valence-corrected chi connectivity index (χ4v) is 2.24. The molecule has 0 saturated carbocycles. The van der Waals surface area contributed by atoms with Gasteiger partial charge in [0.2, 0.25) is 5.91 Å². The van der Waals surface area contributed by atoms with Gasteiger partial charge in [-0.2, -0.15) is 0 Å². The first-order chi connectivity index (χ1) is 10.0. The van der Waals surface area contributed by atoms with E-state index in [4.69, 9.17) is 4.74 Å². The molecule has 0 spiro atoms. The lowest BCUT2D eigenvalue weighted by molar-refractivity contribution is -0.123. The maximum atomic E-state index is 12.3. The first kappa shape index (κ1) is 18.4. The topological polar surface area (TPSA) is 76.7 Å². The fraction of sp³-hybridized carbons (Fsp3) is 0.467. The molecule has 2 N–H and O–H groups in total. The number of halogens is 1. The number of ether oxygens (including phenoxy) is 2. The predicted octanol–water partition coefficient (Wildman–Crippen LogP) is 1.52. The summed E-state index contributed by atoms with van der Waals surface area (Å²) in [5.74, 6) is -0.606. The van der Waals surface area contributed by atoms with E-state index in [0.29, 0.717) is 24.4 Å². The van der Waals surface area contributed by atoms with Crippen molar-refractivity contribution in [1.29, 1.82) is 0 Å². The molecular weight excluding hydrogens is 308 g/mol. The number of morpholine rings is 1. The van der Waals surface area contributed by atoms with Crippen molar-refractivity contribution in [3.63, 3.8) is 0 Å². The third kappa shape index (κ3) is 4.19. The quantitative estimate of drug-likeness (QED) is 0.823. The number of amides is 1. The second kappa shape index (κ2) is 8.12. The van der Waals surface area contributed by atoms with Gasteiger partial charge in [0, 0.05) is 12.2 Å². The zero-order valence-electron chi connectivity index (χ0n) is 12.8. The molecule has 1 saturated heterocycles. The monoisotopic (exact) mass is 328 g/mol. The molecule has 2 rings (SSSR count). The van der Waals surface area contributed by atoms with Crippen molar-refractivity contribution in [3.8, 4) is 0 Å². The van der Waals surface area contributed by atoms with Crippen molar-refractivity contribution in [3.05, 3.63) is 29.3 Å². The Morgan fingerprint density at radius 2 is 2.14 bits per heavy atom. The van der Waals surface area contributed by atoms with Gasteiger partial charge >= 0.3 is 5.97 Å². The Morgan fingerprint density at radius 3 is 2.77 bits per heavy atom. The second-order valence-electron chi connectivity index (χ2n) is 5.02. The molecule has 22 heavy (non-hydrogen) atoms. The van der Waals surface area contributed by atoms with E-state index in [1.54, 1.807) is 18.2 Å². The van der Waals surface area contributed by atoms with Crippen LogP contribution >= 0.6 is 12.4 Å². The number of esters is 1. The minimum Gasteiger partial charge on any atom is -0.465 e. The number of anilines is 1. The number of aryl methyl sites for hydroxylation is 1. The van der Waals surface area contributed by atoms with Crippen molar-refractivity contribution in [2.24, 2.45) is 0 Å². The molecule has 1 amide bonds. The number of hydrogen-bond donors (Lipinski definition) is 2. The highest BCUT2D eigenvalue weighted by molar-refractivity contribution is 5.98. The van der Waals surface area contributed by atoms with Crippen molar-refractivity contribution in [1.82, 2.24) is 5.32 Å². The van der Waals surface area contributed by atoms with E-state index in [2.05, 4.69) is 15.4 Å². The Morgan fingerprint density at radius 1 is 1.41 bits per heavy atom. The Balaban J connectivity index is 0.00000242. The van der Waals surface area contributed by atoms with E-state index in [1.807, 2.05) is 13.8 Å². The third-order valence-electron chi connectivity index (χ3n) is 3.52. The fourth-order valence-electron chi connectivity index (χ4n) is 2.24. The molecule has 0 aliphatic carbocycles. The largest absolute Gasteiger partial charge is 0.465 e. The summed E-state index contributed by atoms with van der Waals surface area (Å²) in [6.07, 6.45) is -0.192. The number of nitrogens with one attached hydrogen (secondary N) is 2. The van der Waals surface area contributed by atoms with Gasteiger partial charge in [-0.05, 0) is 31.5 Å². The van der Waals surface area contributed by atoms with Crippen LogP contribution in [-0.4, -0.2) is 44.3 Å². The summed E-state index contributed by atoms with van der Waals surface area (Å²) in [5.41, 5.74) is 1.88. The first-order valence-corrected chi connectivity index (χ1v) is 6.87. The maximum absolute atomic E-state index is 12.3. The highest BCUT2D eigenvalue weighted by Crippen LogP contribution is 2.18. The summed E-state index contributed by atoms with van der Waals surface area (Å²) in [4.78, 5) is 23.9. The maximum Gasteiger partial charge on any atom is 0.337 e. The molecule has 0 unspecified atom stereocenters. The van der Waals surface area contributed by atoms with Crippen molar-refractivity contribution in [2.45, 2.75) is 26.0 Å². The van der Waals surface area contributed by atoms with Crippen LogP contribution in [0.5, 0.6) is 0 Å². The van der Waals surface area contributed by atoms with E-state index in [0.717, 1.165) is 5.56 Å². The highest BCUT2D eigenvalue weighted by Gasteiger charge is 2.28. The average Bonchev–Trinajstić information content (AvgIpc) is 2.49. The van der Waals surface area contributed by atoms with Gasteiger partial charge in [0.05, 0.1) is 25.4 Å². The number of carbonyl (C=O) groups excluding carboxylic acids is 2. The molecule has 1 aromatic rings. The summed E-state index contributed by atoms with van der Waals surface area (Å²) in [6, 6.07) is 4.66. The lowest BCUT2D eigenvalue weighted by Crippen LogP contribution is -2.53. The summed E-state index contributed by atoms with van der Waals surface area (Å²) in [5, 5.41) is 5.97. The van der Waals surface area contributed by atoms with Gasteiger partial charge in [-0.15, -0.1) is 12.4 Å². The van der Waals surface area contributed by atoms with Crippen LogP contribution < -0.4 is 10.6 Å². The highest BCUT2D eigenvalue weighted by atomic mass is 35.5. The van der Waals surface area contributed by atoms with Crippen LogP contribution in [0.2, 0.25) is 0 Å². The van der Waals surface area contributed by atoms with Crippen LogP contribution in [0.15, 0.2) is 18.2 Å². The number of carbonyl (C=O) groups is 2. The van der Waals surface area contributed by atoms with Crippen LogP contribution in [0, 0.1) is 6.92 Å². The van der Waals surface area contributed by atoms with Crippen LogP contribution in [-0.2, 0) is 14.3 Å². The van der Waals surface area contributed by atoms with Crippen molar-refractivity contribution >= 4 is 30.0 Å². The third-order valence-corrected chi connectivity index (χ3v) is 3.52. The second-order valence-corrected chi connectivity index (χ2v) is 5.02. The van der Waals surface area contributed by atoms with Gasteiger partial charge in [0.1, 0.15) is 6.04 Å². The summed E-state index contributed by atoms with van der Waals surface area (Å²) in [6.45, 7) is 4.96. The van der Waals surface area contributed by atoms with E-state index < -0.39 is 12.0 Å². The number of benzene rings is 1. The Hall–Kier alpha value is -1.63. The van der Waals surface area contributed by atoms with E-state index >= 15 is 0 Å². The molecule has 1 aliphatic heterocycles. The lowest BCUT2D eigenvalue weighted by atomic mass is 10.1. The minimum atomic E-state index is -0.432. The van der Waals surface area contributed by atoms with Crippen LogP contribution in [0.4, 0.5) is 5.69 Å². The zero-order valence-corrected chi connectivity index (χ0v) is 13.7. The van der Waals surface area contributed by atoms with Gasteiger partial charge in [-0.1, -0.05) is 6.07 Å². The minimum absolute atomic E-state index is 0. The molecule has 1 fully saturated rings. The normalized spacial score (nSPS) is 20.7. The van der Waals surface area contributed by atoms with Gasteiger partial charge in [-0.3, -0.25) is 4.79 Å². The lowest BCUT2D eigenvalue weighted by Gasteiger charge is -2.29. The predicted molar refractivity (Wildman–Crippen MR) is 85.6 cm³/mol. The van der Waals surface area contributed by atoms with E-state index in [-0.39, 0.29) is 24.4 Å². The zero-order chi connectivity index (χ0) is 15.4. The standard InChI is InChI=1S/C15H20N2O4.ClH/c1-9-4-5-11(15(19)20-3)8-12(9)17-14(18)13-10(2)21-7-6-16-13;/h4-5,8,10,13,16H,6-7H2,1-3H3,(H,17,18);1H/t10-,13+;/m1./s1. The Kier molecular flexibility index (Phi) is 6.80. The first-order valence-electron chi connectivity index (χ1n) is 6.87. The van der Waals surface area contributed by atoms with Crippen molar-refractivity contribution in [2.75, 3.05) is 25.6 Å². The van der Waals surface area contributed by atoms with Gasteiger partial charge < -0.3 is 20.1 Å². The molecular formula is C15H21ClN2O4. The van der Waals surface area contributed by atoms with E-state index in [1.165, 1.54) is 7.11 Å². The average molecular weight is 329 g/mol. The van der Waals surface area contributed by atoms with E-state index in [9.17, 15) is 9.59 Å². The molecule has 7 heteroatoms. The summed E-state index contributed by atoms with van der Waals surface area (Å²) in [7, 11) is 1.32. The number of methoxy groups -OCH3 is 1. The van der Waals surface area contributed by atoms with Crippen LogP contribution in [0.3, 0.4) is 0 Å². The summed E-state index contributed by atoms with van der Waals surface area (Å²) < 4.78 is 10.1. The molecule has 2 atom stereocenters. The van der Waals surface area contributed by atoms with Crippen molar-refractivity contribution < 1.29 is 19.1 Å². The van der Waals surface area contributed by atoms with Gasteiger partial charge in [-0.25, -0.2) is 4.79 Å².